The van der Waals surface area contributed by atoms with Crippen LogP contribution in [-0.2, 0) is 6.42 Å². The van der Waals surface area contributed by atoms with E-state index in [1.165, 1.54) is 0 Å². The van der Waals surface area contributed by atoms with Gasteiger partial charge in [0.05, 0.1) is 6.21 Å². The number of aryl methyl sites for hydroxylation is 1. The average Bonchev–Trinajstić information content (AvgIpc) is 3.03. The fourth-order valence-electron chi connectivity index (χ4n) is 1.90. The van der Waals surface area contributed by atoms with Crippen molar-refractivity contribution in [2.75, 3.05) is 0 Å². The first-order valence-corrected chi connectivity index (χ1v) is 5.78. The Kier molecular flexibility index (Phi) is 2.64. The van der Waals surface area contributed by atoms with Crippen LogP contribution in [0.4, 0.5) is 0 Å². The highest BCUT2D eigenvalue weighted by molar-refractivity contribution is 5.99. The summed E-state index contributed by atoms with van der Waals surface area (Å²) in [5.41, 5.74) is 1.90. The zero-order chi connectivity index (χ0) is 12.4. The fraction of sp³-hybridized carbons (Fsp3) is 0.154. The van der Waals surface area contributed by atoms with Gasteiger partial charge in [0, 0.05) is 17.4 Å². The van der Waals surface area contributed by atoms with Crippen molar-refractivity contribution < 1.29 is 4.42 Å². The minimum absolute atomic E-state index is 0.832. The van der Waals surface area contributed by atoms with Crippen LogP contribution in [0.15, 0.2) is 46.4 Å². The maximum Gasteiger partial charge on any atom is 0.141 e. The molecule has 0 aliphatic carbocycles. The zero-order valence-corrected chi connectivity index (χ0v) is 9.95. The molecule has 0 fully saturated rings. The minimum atomic E-state index is 0.832. The largest absolute Gasteiger partial charge is 0.460 e. The summed E-state index contributed by atoms with van der Waals surface area (Å²) >= 11 is 0. The monoisotopic (exact) mass is 240 g/mol. The molecule has 0 radical (unpaired) electrons. The van der Waals surface area contributed by atoms with E-state index in [1.807, 2.05) is 24.3 Å². The normalized spacial score (nSPS) is 11.6. The fourth-order valence-corrected chi connectivity index (χ4v) is 1.90. The van der Waals surface area contributed by atoms with Crippen molar-refractivity contribution in [2.24, 2.45) is 5.10 Å². The lowest BCUT2D eigenvalue weighted by Gasteiger charge is -1.93. The van der Waals surface area contributed by atoms with Gasteiger partial charge in [-0.15, -0.1) is 10.2 Å². The van der Waals surface area contributed by atoms with E-state index >= 15 is 0 Å². The number of para-hydroxylation sites is 1. The number of rotatable bonds is 3. The van der Waals surface area contributed by atoms with Crippen LogP contribution in [0.3, 0.4) is 0 Å². The minimum Gasteiger partial charge on any atom is -0.460 e. The lowest BCUT2D eigenvalue weighted by molar-refractivity contribution is 0.556. The molecular formula is C13H12N4O. The van der Waals surface area contributed by atoms with Crippen LogP contribution in [0.5, 0.6) is 0 Å². The van der Waals surface area contributed by atoms with Crippen molar-refractivity contribution in [1.29, 1.82) is 0 Å². The second kappa shape index (κ2) is 4.44. The number of fused-ring (bicyclic) bond motifs is 1. The first-order chi connectivity index (χ1) is 8.88. The van der Waals surface area contributed by atoms with E-state index in [2.05, 4.69) is 22.2 Å². The summed E-state index contributed by atoms with van der Waals surface area (Å²) in [4.78, 5) is 0. The summed E-state index contributed by atoms with van der Waals surface area (Å²) in [6.45, 7) is 2.06. The molecule has 0 N–H and O–H groups in total. The molecule has 0 aliphatic heterocycles. The van der Waals surface area contributed by atoms with Gasteiger partial charge in [0.1, 0.15) is 24.0 Å². The molecule has 3 aromatic rings. The highest BCUT2D eigenvalue weighted by Gasteiger charge is 2.10. The van der Waals surface area contributed by atoms with Gasteiger partial charge in [-0.05, 0) is 6.07 Å². The molecule has 2 aromatic heterocycles. The van der Waals surface area contributed by atoms with Crippen LogP contribution < -0.4 is 0 Å². The predicted octanol–water partition coefficient (Wildman–Crippen LogP) is 2.47. The van der Waals surface area contributed by atoms with Crippen LogP contribution in [0, 0.1) is 0 Å². The summed E-state index contributed by atoms with van der Waals surface area (Å²) < 4.78 is 7.34. The SMILES string of the molecule is CCc1oc2ccccc2c1/C=N\n1cnnc1. The van der Waals surface area contributed by atoms with Crippen molar-refractivity contribution in [3.05, 3.63) is 48.2 Å². The number of nitrogens with zero attached hydrogens (tertiary/aromatic N) is 4. The lowest BCUT2D eigenvalue weighted by atomic mass is 10.1. The Balaban J connectivity index is 2.09. The molecule has 0 unspecified atom stereocenters. The molecule has 1 aromatic carbocycles. The third kappa shape index (κ3) is 1.79. The van der Waals surface area contributed by atoms with Crippen LogP contribution in [0.25, 0.3) is 11.0 Å². The van der Waals surface area contributed by atoms with E-state index in [1.54, 1.807) is 23.5 Å². The predicted molar refractivity (Wildman–Crippen MR) is 68.6 cm³/mol. The molecule has 5 nitrogen and oxygen atoms in total. The van der Waals surface area contributed by atoms with Crippen molar-refractivity contribution >= 4 is 17.2 Å². The van der Waals surface area contributed by atoms with Gasteiger partial charge in [-0.1, -0.05) is 25.1 Å². The Labute approximate surface area is 104 Å². The molecule has 0 aliphatic rings. The Bertz CT molecular complexity index is 682. The molecule has 0 saturated carbocycles. The highest BCUT2D eigenvalue weighted by Crippen LogP contribution is 2.24. The Morgan fingerprint density at radius 3 is 2.83 bits per heavy atom. The molecule has 18 heavy (non-hydrogen) atoms. The van der Waals surface area contributed by atoms with E-state index in [4.69, 9.17) is 4.42 Å². The average molecular weight is 240 g/mol. The number of furan rings is 1. The summed E-state index contributed by atoms with van der Waals surface area (Å²) in [5, 5.41) is 12.8. The standard InChI is InChI=1S/C13H12N4O/c1-2-12-11(7-16-17-8-14-15-9-17)10-5-3-4-6-13(10)18-12/h3-9H,2H2,1H3/b16-7-. The quantitative estimate of drug-likeness (QED) is 0.661. The maximum atomic E-state index is 5.79. The highest BCUT2D eigenvalue weighted by atomic mass is 16.3. The number of hydrogen-bond donors (Lipinski definition) is 0. The molecule has 0 spiro atoms. The third-order valence-corrected chi connectivity index (χ3v) is 2.76. The van der Waals surface area contributed by atoms with E-state index in [9.17, 15) is 0 Å². The molecule has 3 rings (SSSR count). The number of aromatic nitrogens is 3. The zero-order valence-electron chi connectivity index (χ0n) is 9.95. The number of hydrogen-bond acceptors (Lipinski definition) is 4. The van der Waals surface area contributed by atoms with Gasteiger partial charge < -0.3 is 4.42 Å². The Morgan fingerprint density at radius 1 is 1.28 bits per heavy atom. The van der Waals surface area contributed by atoms with Crippen molar-refractivity contribution in [3.63, 3.8) is 0 Å². The van der Waals surface area contributed by atoms with Crippen LogP contribution in [-0.4, -0.2) is 21.1 Å². The topological polar surface area (TPSA) is 56.2 Å². The van der Waals surface area contributed by atoms with E-state index < -0.39 is 0 Å². The van der Waals surface area contributed by atoms with Crippen LogP contribution in [0.1, 0.15) is 18.2 Å². The van der Waals surface area contributed by atoms with E-state index in [0.29, 0.717) is 0 Å². The summed E-state index contributed by atoms with van der Waals surface area (Å²) in [5.74, 6) is 0.938. The van der Waals surface area contributed by atoms with E-state index in [-0.39, 0.29) is 0 Å². The van der Waals surface area contributed by atoms with Gasteiger partial charge in [0.2, 0.25) is 0 Å². The second-order valence-electron chi connectivity index (χ2n) is 3.88. The van der Waals surface area contributed by atoms with Crippen LogP contribution in [0.2, 0.25) is 0 Å². The summed E-state index contributed by atoms with van der Waals surface area (Å²) in [6, 6.07) is 7.95. The summed E-state index contributed by atoms with van der Waals surface area (Å²) in [6.07, 6.45) is 5.71. The molecule has 0 bridgehead atoms. The molecular weight excluding hydrogens is 228 g/mol. The Morgan fingerprint density at radius 2 is 2.06 bits per heavy atom. The van der Waals surface area contributed by atoms with Gasteiger partial charge in [0.25, 0.3) is 0 Å². The van der Waals surface area contributed by atoms with Gasteiger partial charge in [-0.2, -0.15) is 5.10 Å². The van der Waals surface area contributed by atoms with E-state index in [0.717, 1.165) is 28.7 Å². The van der Waals surface area contributed by atoms with Crippen molar-refractivity contribution in [3.8, 4) is 0 Å². The van der Waals surface area contributed by atoms with Gasteiger partial charge >= 0.3 is 0 Å². The van der Waals surface area contributed by atoms with Crippen LogP contribution >= 0.6 is 0 Å². The third-order valence-electron chi connectivity index (χ3n) is 2.76. The summed E-state index contributed by atoms with van der Waals surface area (Å²) in [7, 11) is 0. The van der Waals surface area contributed by atoms with Gasteiger partial charge in [-0.25, -0.2) is 4.68 Å². The molecule has 2 heterocycles. The molecule has 0 amide bonds. The molecule has 0 saturated heterocycles. The first kappa shape index (κ1) is 10.7. The van der Waals surface area contributed by atoms with Crippen molar-refractivity contribution in [1.82, 2.24) is 14.9 Å². The maximum absolute atomic E-state index is 5.79. The smallest absolute Gasteiger partial charge is 0.141 e. The van der Waals surface area contributed by atoms with Gasteiger partial charge in [0.15, 0.2) is 0 Å². The van der Waals surface area contributed by atoms with Gasteiger partial charge in [-0.3, -0.25) is 0 Å². The molecule has 90 valence electrons. The number of benzene rings is 1. The Hall–Kier alpha value is -2.43. The van der Waals surface area contributed by atoms with Crippen molar-refractivity contribution in [2.45, 2.75) is 13.3 Å². The first-order valence-electron chi connectivity index (χ1n) is 5.78. The molecule has 0 atom stereocenters. The molecule has 5 heteroatoms. The second-order valence-corrected chi connectivity index (χ2v) is 3.88. The lowest BCUT2D eigenvalue weighted by Crippen LogP contribution is -1.90.